The van der Waals surface area contributed by atoms with Crippen LogP contribution in [-0.2, 0) is 29.4 Å². The highest BCUT2D eigenvalue weighted by Crippen LogP contribution is 2.25. The zero-order chi connectivity index (χ0) is 17.7. The van der Waals surface area contributed by atoms with Crippen LogP contribution in [0.1, 0.15) is 45.3 Å². The molecule has 0 aromatic carbocycles. The lowest BCUT2D eigenvalue weighted by Gasteiger charge is -2.01. The first-order valence-corrected chi connectivity index (χ1v) is 10.9. The van der Waals surface area contributed by atoms with Crippen molar-refractivity contribution in [3.8, 4) is 0 Å². The van der Waals surface area contributed by atoms with Crippen LogP contribution in [0.5, 0.6) is 0 Å². The first-order chi connectivity index (χ1) is 11.4. The average molecular weight is 387 g/mol. The molecule has 0 saturated carbocycles. The second kappa shape index (κ2) is 8.24. The molecule has 0 aliphatic heterocycles. The van der Waals surface area contributed by atoms with Gasteiger partial charge in [-0.15, -0.1) is 22.7 Å². The Balaban J connectivity index is 2.03. The highest BCUT2D eigenvalue weighted by atomic mass is 32.2. The fraction of sp³-hybridized carbons (Fsp3) is 0.438. The van der Waals surface area contributed by atoms with Gasteiger partial charge in [-0.25, -0.2) is 13.1 Å². The lowest BCUT2D eigenvalue weighted by Crippen LogP contribution is -2.21. The summed E-state index contributed by atoms with van der Waals surface area (Å²) in [6.45, 7) is 4.55. The zero-order valence-electron chi connectivity index (χ0n) is 14.0. The molecule has 0 atom stereocenters. The van der Waals surface area contributed by atoms with Crippen LogP contribution in [0.4, 0.5) is 0 Å². The van der Waals surface area contributed by atoms with Crippen molar-refractivity contribution in [2.24, 2.45) is 0 Å². The molecule has 0 spiro atoms. The molecule has 2 rings (SSSR count). The van der Waals surface area contributed by atoms with Crippen molar-refractivity contribution >= 4 is 38.6 Å². The number of amides is 1. The second-order valence-corrected chi connectivity index (χ2v) is 9.69. The molecule has 132 valence electrons. The number of carbonyl (C=O) groups is 1. The normalized spacial score (nSPS) is 11.6. The monoisotopic (exact) mass is 386 g/mol. The van der Waals surface area contributed by atoms with Gasteiger partial charge in [0.1, 0.15) is 4.21 Å². The van der Waals surface area contributed by atoms with E-state index in [0.717, 1.165) is 40.4 Å². The number of nitrogens with one attached hydrogen (secondary N) is 2. The summed E-state index contributed by atoms with van der Waals surface area (Å²) in [7, 11) is -2.04. The van der Waals surface area contributed by atoms with Gasteiger partial charge in [0.15, 0.2) is 0 Å². The zero-order valence-corrected chi connectivity index (χ0v) is 16.5. The highest BCUT2D eigenvalue weighted by molar-refractivity contribution is 7.91. The number of sulfonamides is 1. The van der Waals surface area contributed by atoms with Gasteiger partial charge in [0, 0.05) is 9.75 Å². The molecule has 24 heavy (non-hydrogen) atoms. The topological polar surface area (TPSA) is 75.3 Å². The van der Waals surface area contributed by atoms with Gasteiger partial charge in [0.25, 0.3) is 5.91 Å². The van der Waals surface area contributed by atoms with Crippen LogP contribution < -0.4 is 10.0 Å². The molecule has 2 N–H and O–H groups in total. The number of carbonyl (C=O) groups excluding carboxylic acids is 1. The molecule has 0 radical (unpaired) electrons. The van der Waals surface area contributed by atoms with Gasteiger partial charge < -0.3 is 5.32 Å². The molecule has 2 heterocycles. The van der Waals surface area contributed by atoms with E-state index >= 15 is 0 Å². The first kappa shape index (κ1) is 19.1. The summed E-state index contributed by atoms with van der Waals surface area (Å²) in [6, 6.07) is 5.25. The Bertz CT molecular complexity index is 806. The van der Waals surface area contributed by atoms with Crippen molar-refractivity contribution in [1.29, 1.82) is 0 Å². The van der Waals surface area contributed by atoms with Crippen molar-refractivity contribution in [3.05, 3.63) is 38.4 Å². The largest absolute Gasteiger partial charge is 0.346 e. The quantitative estimate of drug-likeness (QED) is 0.732. The van der Waals surface area contributed by atoms with Crippen molar-refractivity contribution < 1.29 is 13.2 Å². The number of hydrogen-bond donors (Lipinski definition) is 2. The highest BCUT2D eigenvalue weighted by Gasteiger charge is 2.16. The van der Waals surface area contributed by atoms with E-state index in [0.29, 0.717) is 6.54 Å². The van der Waals surface area contributed by atoms with Gasteiger partial charge in [0.2, 0.25) is 10.0 Å². The first-order valence-electron chi connectivity index (χ1n) is 7.83. The number of hydrogen-bond acceptors (Lipinski definition) is 5. The summed E-state index contributed by atoms with van der Waals surface area (Å²) in [6.07, 6.45) is 2.99. The maximum Gasteiger partial charge on any atom is 0.261 e. The van der Waals surface area contributed by atoms with E-state index in [1.165, 1.54) is 17.5 Å². The van der Waals surface area contributed by atoms with E-state index < -0.39 is 10.0 Å². The summed E-state index contributed by atoms with van der Waals surface area (Å²) >= 11 is 2.71. The predicted octanol–water partition coefficient (Wildman–Crippen LogP) is 3.16. The minimum atomic E-state index is -3.42. The van der Waals surface area contributed by atoms with E-state index in [1.54, 1.807) is 23.5 Å². The molecular formula is C16H22N2O3S3. The van der Waals surface area contributed by atoms with Crippen LogP contribution in [0.2, 0.25) is 0 Å². The van der Waals surface area contributed by atoms with Gasteiger partial charge in [-0.2, -0.15) is 0 Å². The van der Waals surface area contributed by atoms with Gasteiger partial charge in [-0.1, -0.05) is 20.3 Å². The molecule has 2 aromatic rings. The van der Waals surface area contributed by atoms with Crippen LogP contribution >= 0.6 is 22.7 Å². The van der Waals surface area contributed by atoms with E-state index in [-0.39, 0.29) is 10.1 Å². The molecule has 0 fully saturated rings. The fourth-order valence-electron chi connectivity index (χ4n) is 2.27. The Kier molecular flexibility index (Phi) is 6.56. The Labute approximate surface area is 151 Å². The summed E-state index contributed by atoms with van der Waals surface area (Å²) in [4.78, 5) is 15.1. The molecule has 0 aliphatic carbocycles. The summed E-state index contributed by atoms with van der Waals surface area (Å²) in [5, 5.41) is 2.87. The molecule has 1 amide bonds. The number of thiophene rings is 2. The molecule has 0 bridgehead atoms. The van der Waals surface area contributed by atoms with Crippen LogP contribution in [0.15, 0.2) is 22.4 Å². The Morgan fingerprint density at radius 2 is 1.96 bits per heavy atom. The molecular weight excluding hydrogens is 364 g/mol. The lowest BCUT2D eigenvalue weighted by atomic mass is 10.1. The van der Waals surface area contributed by atoms with E-state index in [2.05, 4.69) is 23.9 Å². The Morgan fingerprint density at radius 3 is 2.58 bits per heavy atom. The summed E-state index contributed by atoms with van der Waals surface area (Å²) in [5.74, 6) is -0.108. The van der Waals surface area contributed by atoms with E-state index in [4.69, 9.17) is 0 Å². The van der Waals surface area contributed by atoms with Gasteiger partial charge in [-0.3, -0.25) is 4.79 Å². The molecule has 0 saturated heterocycles. The molecule has 2 aromatic heterocycles. The smallest absolute Gasteiger partial charge is 0.261 e. The van der Waals surface area contributed by atoms with Crippen molar-refractivity contribution in [1.82, 2.24) is 10.0 Å². The SMILES string of the molecule is CCCc1sc(C(=O)NCc2ccc(S(=O)(=O)NC)s2)cc1CC. The van der Waals surface area contributed by atoms with Crippen LogP contribution in [0.25, 0.3) is 0 Å². The third-order valence-corrected chi connectivity index (χ3v) is 7.80. The Morgan fingerprint density at radius 1 is 1.21 bits per heavy atom. The molecule has 5 nitrogen and oxygen atoms in total. The van der Waals surface area contributed by atoms with Crippen molar-refractivity contribution in [2.45, 2.75) is 43.9 Å². The van der Waals surface area contributed by atoms with Crippen molar-refractivity contribution in [3.63, 3.8) is 0 Å². The second-order valence-electron chi connectivity index (χ2n) is 5.27. The molecule has 0 aliphatic rings. The minimum absolute atomic E-state index is 0.108. The van der Waals surface area contributed by atoms with Crippen LogP contribution in [-0.4, -0.2) is 21.4 Å². The third kappa shape index (κ3) is 4.44. The maximum atomic E-state index is 12.3. The maximum absolute atomic E-state index is 12.3. The van der Waals surface area contributed by atoms with Crippen LogP contribution in [0.3, 0.4) is 0 Å². The van der Waals surface area contributed by atoms with Gasteiger partial charge >= 0.3 is 0 Å². The summed E-state index contributed by atoms with van der Waals surface area (Å²) in [5.41, 5.74) is 1.24. The molecule has 8 heteroatoms. The average Bonchev–Trinajstić information content (AvgIpc) is 3.20. The minimum Gasteiger partial charge on any atom is -0.346 e. The predicted molar refractivity (Wildman–Crippen MR) is 99.4 cm³/mol. The van der Waals surface area contributed by atoms with Crippen molar-refractivity contribution in [2.75, 3.05) is 7.05 Å². The number of rotatable bonds is 8. The van der Waals surface area contributed by atoms with Gasteiger partial charge in [0.05, 0.1) is 11.4 Å². The summed E-state index contributed by atoms with van der Waals surface area (Å²) < 4.78 is 26.0. The van der Waals surface area contributed by atoms with Gasteiger partial charge in [-0.05, 0) is 43.7 Å². The molecule has 0 unspecified atom stereocenters. The van der Waals surface area contributed by atoms with Crippen LogP contribution in [0, 0.1) is 0 Å². The fourth-order valence-corrected chi connectivity index (χ4v) is 5.67. The number of aryl methyl sites for hydroxylation is 2. The third-order valence-electron chi connectivity index (χ3n) is 3.57. The van der Waals surface area contributed by atoms with E-state index in [9.17, 15) is 13.2 Å². The standard InChI is InChI=1S/C16H22N2O3S3/c1-4-6-13-11(5-2)9-14(23-13)16(19)18-10-12-7-8-15(22-12)24(20,21)17-3/h7-9,17H,4-6,10H2,1-3H3,(H,18,19). The lowest BCUT2D eigenvalue weighted by molar-refractivity contribution is 0.0955. The Hall–Kier alpha value is -1.22. The van der Waals surface area contributed by atoms with E-state index in [1.807, 2.05) is 6.07 Å².